The predicted octanol–water partition coefficient (Wildman–Crippen LogP) is 0.960. The van der Waals surface area contributed by atoms with Crippen LogP contribution in [-0.2, 0) is 9.53 Å². The lowest BCUT2D eigenvalue weighted by Gasteiger charge is -2.34. The third-order valence-electron chi connectivity index (χ3n) is 2.88. The molecule has 0 amide bonds. The Balaban J connectivity index is 2.37. The van der Waals surface area contributed by atoms with E-state index in [9.17, 15) is 4.79 Å². The molecule has 0 aliphatic carbocycles. The third kappa shape index (κ3) is 3.27. The SMILES string of the molecule is CC(CC(=O)O)N(C)C1CCCOC1. The summed E-state index contributed by atoms with van der Waals surface area (Å²) in [6.07, 6.45) is 2.39. The molecule has 0 aromatic heterocycles. The molecule has 1 aliphatic rings. The smallest absolute Gasteiger partial charge is 0.304 e. The maximum Gasteiger partial charge on any atom is 0.304 e. The maximum absolute atomic E-state index is 10.5. The molecule has 1 aliphatic heterocycles. The Morgan fingerprint density at radius 1 is 1.71 bits per heavy atom. The highest BCUT2D eigenvalue weighted by molar-refractivity contribution is 5.67. The molecule has 0 aromatic rings. The van der Waals surface area contributed by atoms with E-state index in [0.29, 0.717) is 6.04 Å². The molecule has 0 bridgehead atoms. The average molecular weight is 201 g/mol. The van der Waals surface area contributed by atoms with E-state index >= 15 is 0 Å². The molecule has 2 atom stereocenters. The van der Waals surface area contributed by atoms with Crippen LogP contribution in [0.15, 0.2) is 0 Å². The van der Waals surface area contributed by atoms with Gasteiger partial charge in [0.2, 0.25) is 0 Å². The number of ether oxygens (including phenoxy) is 1. The summed E-state index contributed by atoms with van der Waals surface area (Å²) in [6.45, 7) is 3.53. The van der Waals surface area contributed by atoms with E-state index < -0.39 is 5.97 Å². The zero-order valence-corrected chi connectivity index (χ0v) is 8.90. The lowest BCUT2D eigenvalue weighted by atomic mass is 10.1. The van der Waals surface area contributed by atoms with Crippen LogP contribution in [0.5, 0.6) is 0 Å². The first-order chi connectivity index (χ1) is 6.61. The van der Waals surface area contributed by atoms with Gasteiger partial charge in [-0.25, -0.2) is 0 Å². The Hall–Kier alpha value is -0.610. The zero-order valence-electron chi connectivity index (χ0n) is 8.90. The van der Waals surface area contributed by atoms with Crippen molar-refractivity contribution in [2.75, 3.05) is 20.3 Å². The maximum atomic E-state index is 10.5. The van der Waals surface area contributed by atoms with Crippen LogP contribution >= 0.6 is 0 Å². The van der Waals surface area contributed by atoms with Crippen molar-refractivity contribution in [3.8, 4) is 0 Å². The first-order valence-corrected chi connectivity index (χ1v) is 5.12. The van der Waals surface area contributed by atoms with Gasteiger partial charge in [0.1, 0.15) is 0 Å². The summed E-state index contributed by atoms with van der Waals surface area (Å²) < 4.78 is 5.37. The van der Waals surface area contributed by atoms with Gasteiger partial charge < -0.3 is 9.84 Å². The minimum absolute atomic E-state index is 0.0826. The van der Waals surface area contributed by atoms with Gasteiger partial charge in [-0.05, 0) is 26.8 Å². The Kier molecular flexibility index (Phi) is 4.35. The third-order valence-corrected chi connectivity index (χ3v) is 2.88. The van der Waals surface area contributed by atoms with E-state index in [4.69, 9.17) is 9.84 Å². The summed E-state index contributed by atoms with van der Waals surface area (Å²) in [5.74, 6) is -0.735. The van der Waals surface area contributed by atoms with Crippen molar-refractivity contribution in [2.45, 2.75) is 38.3 Å². The van der Waals surface area contributed by atoms with Crippen LogP contribution in [-0.4, -0.2) is 48.3 Å². The molecule has 0 aromatic carbocycles. The molecule has 0 radical (unpaired) electrons. The van der Waals surface area contributed by atoms with Gasteiger partial charge in [0.15, 0.2) is 0 Å². The number of hydrogen-bond acceptors (Lipinski definition) is 3. The van der Waals surface area contributed by atoms with Gasteiger partial charge in [-0.2, -0.15) is 0 Å². The summed E-state index contributed by atoms with van der Waals surface area (Å²) in [5, 5.41) is 8.67. The molecule has 4 heteroatoms. The van der Waals surface area contributed by atoms with Gasteiger partial charge in [-0.3, -0.25) is 9.69 Å². The fourth-order valence-electron chi connectivity index (χ4n) is 1.80. The van der Waals surface area contributed by atoms with Gasteiger partial charge in [0, 0.05) is 18.7 Å². The van der Waals surface area contributed by atoms with Crippen molar-refractivity contribution in [3.63, 3.8) is 0 Å². The van der Waals surface area contributed by atoms with Gasteiger partial charge in [0.25, 0.3) is 0 Å². The van der Waals surface area contributed by atoms with Gasteiger partial charge in [0.05, 0.1) is 13.0 Å². The molecule has 0 spiro atoms. The van der Waals surface area contributed by atoms with Gasteiger partial charge >= 0.3 is 5.97 Å². The van der Waals surface area contributed by atoms with E-state index in [1.807, 2.05) is 14.0 Å². The van der Waals surface area contributed by atoms with Crippen LogP contribution in [0, 0.1) is 0 Å². The van der Waals surface area contributed by atoms with Gasteiger partial charge in [-0.1, -0.05) is 0 Å². The van der Waals surface area contributed by atoms with E-state index in [1.54, 1.807) is 0 Å². The number of hydrogen-bond donors (Lipinski definition) is 1. The second-order valence-corrected chi connectivity index (χ2v) is 3.98. The van der Waals surface area contributed by atoms with Crippen LogP contribution in [0.1, 0.15) is 26.2 Å². The molecule has 2 unspecified atom stereocenters. The monoisotopic (exact) mass is 201 g/mol. The molecular weight excluding hydrogens is 182 g/mol. The summed E-state index contributed by atoms with van der Waals surface area (Å²) >= 11 is 0. The molecule has 1 heterocycles. The Labute approximate surface area is 84.8 Å². The molecule has 14 heavy (non-hydrogen) atoms. The molecule has 1 fully saturated rings. The van der Waals surface area contributed by atoms with Crippen LogP contribution < -0.4 is 0 Å². The Morgan fingerprint density at radius 2 is 2.43 bits per heavy atom. The second-order valence-electron chi connectivity index (χ2n) is 3.98. The highest BCUT2D eigenvalue weighted by atomic mass is 16.5. The second kappa shape index (κ2) is 5.32. The molecular formula is C10H19NO3. The first kappa shape index (κ1) is 11.5. The highest BCUT2D eigenvalue weighted by Gasteiger charge is 2.23. The Bertz CT molecular complexity index is 190. The largest absolute Gasteiger partial charge is 0.481 e. The van der Waals surface area contributed by atoms with Crippen molar-refractivity contribution >= 4 is 5.97 Å². The fraction of sp³-hybridized carbons (Fsp3) is 0.900. The van der Waals surface area contributed by atoms with Crippen molar-refractivity contribution in [1.29, 1.82) is 0 Å². The van der Waals surface area contributed by atoms with Crippen molar-refractivity contribution in [3.05, 3.63) is 0 Å². The summed E-state index contributed by atoms with van der Waals surface area (Å²) in [5.41, 5.74) is 0. The highest BCUT2D eigenvalue weighted by Crippen LogP contribution is 2.15. The molecule has 1 N–H and O–H groups in total. The lowest BCUT2D eigenvalue weighted by molar-refractivity contribution is -0.138. The lowest BCUT2D eigenvalue weighted by Crippen LogP contribution is -2.44. The van der Waals surface area contributed by atoms with Crippen molar-refractivity contribution in [2.24, 2.45) is 0 Å². The van der Waals surface area contributed by atoms with E-state index in [2.05, 4.69) is 4.90 Å². The van der Waals surface area contributed by atoms with Crippen LogP contribution in [0.4, 0.5) is 0 Å². The number of aliphatic carboxylic acids is 1. The topological polar surface area (TPSA) is 49.8 Å². The zero-order chi connectivity index (χ0) is 10.6. The van der Waals surface area contributed by atoms with Crippen molar-refractivity contribution in [1.82, 2.24) is 4.90 Å². The summed E-state index contributed by atoms with van der Waals surface area (Å²) in [4.78, 5) is 12.7. The number of nitrogens with zero attached hydrogens (tertiary/aromatic N) is 1. The number of likely N-dealkylation sites (N-methyl/N-ethyl adjacent to an activating group) is 1. The standard InChI is InChI=1S/C10H19NO3/c1-8(6-10(12)13)11(2)9-4-3-5-14-7-9/h8-9H,3-7H2,1-2H3,(H,12,13). The van der Waals surface area contributed by atoms with Crippen molar-refractivity contribution < 1.29 is 14.6 Å². The number of rotatable bonds is 4. The van der Waals surface area contributed by atoms with Crippen LogP contribution in [0.3, 0.4) is 0 Å². The normalized spacial score (nSPS) is 24.9. The van der Waals surface area contributed by atoms with E-state index in [0.717, 1.165) is 26.1 Å². The summed E-state index contributed by atoms with van der Waals surface area (Å²) in [7, 11) is 1.98. The fourth-order valence-corrected chi connectivity index (χ4v) is 1.80. The minimum atomic E-state index is -0.735. The quantitative estimate of drug-likeness (QED) is 0.736. The number of carbonyl (C=O) groups is 1. The van der Waals surface area contributed by atoms with Gasteiger partial charge in [-0.15, -0.1) is 0 Å². The molecule has 0 saturated carbocycles. The van der Waals surface area contributed by atoms with E-state index in [-0.39, 0.29) is 12.5 Å². The predicted molar refractivity (Wildman–Crippen MR) is 53.3 cm³/mol. The van der Waals surface area contributed by atoms with Crippen LogP contribution in [0.25, 0.3) is 0 Å². The first-order valence-electron chi connectivity index (χ1n) is 5.12. The Morgan fingerprint density at radius 3 is 2.93 bits per heavy atom. The number of carboxylic acids is 1. The summed E-state index contributed by atoms with van der Waals surface area (Å²) in [6, 6.07) is 0.470. The number of carboxylic acid groups (broad SMARTS) is 1. The van der Waals surface area contributed by atoms with E-state index in [1.165, 1.54) is 0 Å². The molecule has 1 rings (SSSR count). The van der Waals surface area contributed by atoms with Crippen LogP contribution in [0.2, 0.25) is 0 Å². The molecule has 1 saturated heterocycles. The average Bonchev–Trinajstić information content (AvgIpc) is 2.17. The minimum Gasteiger partial charge on any atom is -0.481 e. The molecule has 82 valence electrons. The molecule has 4 nitrogen and oxygen atoms in total.